The van der Waals surface area contributed by atoms with Crippen molar-refractivity contribution in [3.05, 3.63) is 24.3 Å². The zero-order valence-electron chi connectivity index (χ0n) is 7.52. The van der Waals surface area contributed by atoms with Crippen LogP contribution in [0.2, 0.25) is 0 Å². The van der Waals surface area contributed by atoms with E-state index in [1.54, 1.807) is 0 Å². The lowest BCUT2D eigenvalue weighted by atomic mass is 10.2. The smallest absolute Gasteiger partial charge is 0.161 e. The highest BCUT2D eigenvalue weighted by Crippen LogP contribution is 2.35. The molecule has 74 valence electrons. The number of ether oxygens (including phenoxy) is 2. The molecule has 2 aliphatic heterocycles. The average molecular weight is 195 g/mol. The topological polar surface area (TPSA) is 21.7 Å². The van der Waals surface area contributed by atoms with Crippen LogP contribution in [0, 0.1) is 0 Å². The SMILES string of the molecule is FN1CC2Oc3ccccc3OC2C1. The Bertz CT molecular complexity index is 325. The molecule has 0 saturated carbocycles. The molecule has 3 nitrogen and oxygen atoms in total. The highest BCUT2D eigenvalue weighted by atomic mass is 19.2. The summed E-state index contributed by atoms with van der Waals surface area (Å²) < 4.78 is 24.2. The molecule has 3 rings (SSSR count). The second kappa shape index (κ2) is 2.85. The van der Waals surface area contributed by atoms with Gasteiger partial charge in [0.2, 0.25) is 0 Å². The summed E-state index contributed by atoms with van der Waals surface area (Å²) >= 11 is 0. The highest BCUT2D eigenvalue weighted by molar-refractivity contribution is 5.41. The number of fused-ring (bicyclic) bond motifs is 2. The molecular weight excluding hydrogens is 185 g/mol. The summed E-state index contributed by atoms with van der Waals surface area (Å²) in [6.45, 7) is 0.581. The van der Waals surface area contributed by atoms with Crippen molar-refractivity contribution in [2.75, 3.05) is 13.1 Å². The van der Waals surface area contributed by atoms with Crippen LogP contribution in [0.1, 0.15) is 0 Å². The lowest BCUT2D eigenvalue weighted by molar-refractivity contribution is 0.0425. The van der Waals surface area contributed by atoms with Crippen molar-refractivity contribution in [2.45, 2.75) is 12.2 Å². The molecule has 2 aliphatic rings. The van der Waals surface area contributed by atoms with Crippen molar-refractivity contribution in [3.8, 4) is 11.5 Å². The van der Waals surface area contributed by atoms with Crippen LogP contribution in [0.4, 0.5) is 4.48 Å². The maximum Gasteiger partial charge on any atom is 0.161 e. The van der Waals surface area contributed by atoms with Gasteiger partial charge in [-0.1, -0.05) is 12.1 Å². The summed E-state index contributed by atoms with van der Waals surface area (Å²) in [6.07, 6.45) is -0.343. The van der Waals surface area contributed by atoms with Gasteiger partial charge in [0.25, 0.3) is 0 Å². The van der Waals surface area contributed by atoms with Crippen molar-refractivity contribution < 1.29 is 14.0 Å². The fraction of sp³-hybridized carbons (Fsp3) is 0.400. The van der Waals surface area contributed by atoms with Gasteiger partial charge >= 0.3 is 0 Å². The van der Waals surface area contributed by atoms with Gasteiger partial charge in [-0.15, -0.1) is 9.60 Å². The summed E-state index contributed by atoms with van der Waals surface area (Å²) in [7, 11) is 0. The lowest BCUT2D eigenvalue weighted by Gasteiger charge is -2.28. The van der Waals surface area contributed by atoms with E-state index in [0.29, 0.717) is 24.6 Å². The Balaban J connectivity index is 1.91. The third-order valence-corrected chi connectivity index (χ3v) is 2.58. The maximum atomic E-state index is 12.9. The normalized spacial score (nSPS) is 30.1. The summed E-state index contributed by atoms with van der Waals surface area (Å²) in [5.74, 6) is 1.42. The molecule has 0 aliphatic carbocycles. The van der Waals surface area contributed by atoms with E-state index < -0.39 is 0 Å². The van der Waals surface area contributed by atoms with Crippen LogP contribution in [0.3, 0.4) is 0 Å². The Kier molecular flexibility index (Phi) is 1.64. The monoisotopic (exact) mass is 195 g/mol. The standard InChI is InChI=1S/C10H10FNO2/c11-12-5-9-10(6-12)14-8-4-2-1-3-7(8)13-9/h1-4,9-10H,5-6H2. The molecule has 2 heterocycles. The minimum Gasteiger partial charge on any atom is -0.481 e. The molecule has 1 aromatic rings. The fourth-order valence-electron chi connectivity index (χ4n) is 1.90. The number of nitrogens with zero attached hydrogens (tertiary/aromatic N) is 1. The molecule has 0 bridgehead atoms. The molecule has 1 aromatic carbocycles. The number of hydrogen-bond acceptors (Lipinski definition) is 3. The second-order valence-electron chi connectivity index (χ2n) is 3.59. The Morgan fingerprint density at radius 1 is 1.07 bits per heavy atom. The fourth-order valence-corrected chi connectivity index (χ4v) is 1.90. The molecule has 0 spiro atoms. The molecule has 1 saturated heterocycles. The number of halogens is 1. The van der Waals surface area contributed by atoms with E-state index in [4.69, 9.17) is 9.47 Å². The van der Waals surface area contributed by atoms with Crippen molar-refractivity contribution >= 4 is 0 Å². The molecule has 0 amide bonds. The minimum absolute atomic E-state index is 0.171. The van der Waals surface area contributed by atoms with Gasteiger partial charge in [-0.2, -0.15) is 0 Å². The minimum atomic E-state index is -0.171. The van der Waals surface area contributed by atoms with E-state index in [1.165, 1.54) is 0 Å². The third-order valence-electron chi connectivity index (χ3n) is 2.58. The largest absolute Gasteiger partial charge is 0.481 e. The molecule has 0 radical (unpaired) electrons. The van der Waals surface area contributed by atoms with Gasteiger partial charge in [-0.3, -0.25) is 0 Å². The van der Waals surface area contributed by atoms with Crippen LogP contribution in [0.5, 0.6) is 11.5 Å². The van der Waals surface area contributed by atoms with Crippen molar-refractivity contribution in [2.24, 2.45) is 0 Å². The number of hydrogen-bond donors (Lipinski definition) is 0. The molecule has 2 atom stereocenters. The van der Waals surface area contributed by atoms with Gasteiger partial charge in [0.1, 0.15) is 0 Å². The maximum absolute atomic E-state index is 12.9. The van der Waals surface area contributed by atoms with E-state index in [1.807, 2.05) is 24.3 Å². The Labute approximate surface area is 81.0 Å². The van der Waals surface area contributed by atoms with Gasteiger partial charge in [0.15, 0.2) is 23.7 Å². The highest BCUT2D eigenvalue weighted by Gasteiger charge is 2.40. The van der Waals surface area contributed by atoms with Crippen molar-refractivity contribution in [3.63, 3.8) is 0 Å². The summed E-state index contributed by atoms with van der Waals surface area (Å²) in [5.41, 5.74) is 0. The van der Waals surface area contributed by atoms with E-state index in [-0.39, 0.29) is 12.2 Å². The van der Waals surface area contributed by atoms with Crippen molar-refractivity contribution in [1.82, 2.24) is 5.12 Å². The molecule has 4 heteroatoms. The van der Waals surface area contributed by atoms with Gasteiger partial charge < -0.3 is 9.47 Å². The zero-order valence-corrected chi connectivity index (χ0v) is 7.52. The summed E-state index contributed by atoms with van der Waals surface area (Å²) in [5, 5.41) is 0.737. The van der Waals surface area contributed by atoms with Crippen LogP contribution in [0.15, 0.2) is 24.3 Å². The average Bonchev–Trinajstić information content (AvgIpc) is 2.53. The van der Waals surface area contributed by atoms with Crippen LogP contribution >= 0.6 is 0 Å². The zero-order chi connectivity index (χ0) is 9.54. The molecule has 2 unspecified atom stereocenters. The third kappa shape index (κ3) is 1.14. The Morgan fingerprint density at radius 3 is 2.07 bits per heavy atom. The Morgan fingerprint density at radius 2 is 1.57 bits per heavy atom. The lowest BCUT2D eigenvalue weighted by Crippen LogP contribution is -2.38. The molecule has 0 N–H and O–H groups in total. The molecule has 1 fully saturated rings. The summed E-state index contributed by atoms with van der Waals surface area (Å²) in [4.78, 5) is 0. The van der Waals surface area contributed by atoms with Crippen molar-refractivity contribution in [1.29, 1.82) is 0 Å². The van der Waals surface area contributed by atoms with Crippen LogP contribution in [-0.4, -0.2) is 30.4 Å². The summed E-state index contributed by atoms with van der Waals surface area (Å²) in [6, 6.07) is 7.44. The van der Waals surface area contributed by atoms with Crippen LogP contribution in [0.25, 0.3) is 0 Å². The van der Waals surface area contributed by atoms with E-state index in [9.17, 15) is 4.48 Å². The van der Waals surface area contributed by atoms with Gasteiger partial charge in [-0.05, 0) is 12.1 Å². The van der Waals surface area contributed by atoms with Crippen LogP contribution in [-0.2, 0) is 0 Å². The molecular formula is C10H10FNO2. The first-order valence-corrected chi connectivity index (χ1v) is 4.66. The van der Waals surface area contributed by atoms with Gasteiger partial charge in [0, 0.05) is 0 Å². The van der Waals surface area contributed by atoms with Gasteiger partial charge in [0.05, 0.1) is 13.1 Å². The number of benzene rings is 1. The number of rotatable bonds is 0. The van der Waals surface area contributed by atoms with E-state index in [0.717, 1.165) is 5.12 Å². The predicted molar refractivity (Wildman–Crippen MR) is 48.0 cm³/mol. The van der Waals surface area contributed by atoms with Crippen LogP contribution < -0.4 is 9.47 Å². The van der Waals surface area contributed by atoms with Gasteiger partial charge in [-0.25, -0.2) is 0 Å². The first kappa shape index (κ1) is 8.05. The van der Waals surface area contributed by atoms with E-state index >= 15 is 0 Å². The first-order chi connectivity index (χ1) is 6.83. The predicted octanol–water partition coefficient (Wildman–Crippen LogP) is 1.40. The molecule has 14 heavy (non-hydrogen) atoms. The number of para-hydroxylation sites is 2. The second-order valence-corrected chi connectivity index (χ2v) is 3.59. The molecule has 0 aromatic heterocycles. The van der Waals surface area contributed by atoms with E-state index in [2.05, 4.69) is 0 Å². The Hall–Kier alpha value is -1.29. The first-order valence-electron chi connectivity index (χ1n) is 4.66. The quantitative estimate of drug-likeness (QED) is 0.584.